The van der Waals surface area contributed by atoms with Gasteiger partial charge in [-0.15, -0.1) is 0 Å². The molecule has 84 heavy (non-hydrogen) atoms. The number of thiol groups is 2. The van der Waals surface area contributed by atoms with Crippen LogP contribution in [0.25, 0.3) is 10.9 Å². The number of carboxylic acids is 1. The summed E-state index contributed by atoms with van der Waals surface area (Å²) >= 11 is 8.29. The van der Waals surface area contributed by atoms with Crippen LogP contribution in [0, 0.1) is 35.0 Å². The molecule has 2 heterocycles. The number of carboxylic acid groups (broad SMARTS) is 1. The summed E-state index contributed by atoms with van der Waals surface area (Å²) in [5, 5.41) is 34.8. The molecule has 3 aromatic carbocycles. The van der Waals surface area contributed by atoms with Gasteiger partial charge >= 0.3 is 5.97 Å². The number of H-pyrrole nitrogens is 1. The Bertz CT molecular complexity index is 3030. The van der Waals surface area contributed by atoms with Crippen LogP contribution in [0.5, 0.6) is 5.75 Å². The molecule has 0 bridgehead atoms. The molecule has 1 saturated heterocycles. The Morgan fingerprint density at radius 3 is 1.85 bits per heavy atom. The van der Waals surface area contributed by atoms with E-state index in [1.165, 1.54) is 17.0 Å². The first-order chi connectivity index (χ1) is 40.0. The number of aromatic nitrogens is 1. The van der Waals surface area contributed by atoms with Crippen molar-refractivity contribution in [1.82, 2.24) is 41.8 Å². The molecule has 0 radical (unpaired) electrons. The first-order valence-electron chi connectivity index (χ1n) is 27.2. The number of likely N-dealkylation sites (tertiary alicyclic amines) is 1. The Hall–Kier alpha value is -7.66. The average Bonchev–Trinajstić information content (AvgIpc) is 4.27. The van der Waals surface area contributed by atoms with Gasteiger partial charge in [-0.1, -0.05) is 62.4 Å². The van der Waals surface area contributed by atoms with Gasteiger partial charge in [-0.2, -0.15) is 25.3 Å². The molecule has 1 aromatic heterocycles. The van der Waals surface area contributed by atoms with Gasteiger partial charge in [-0.3, -0.25) is 38.6 Å². The Morgan fingerprint density at radius 2 is 1.21 bits per heavy atom. The number of hydrogen-bond acceptors (Lipinski definition) is 13. The SMILES string of the molecule is NC(N)=NCCC[C@@H](NC(=O)[C@@H](Cc1c[nH]c2ccccc12)NC(=O)[C@H]1CCCN1C(=O)[C@@H](CS)NC(=O)[C@H](N)Cc1ccc(O)cc1)C(=O)N[C@H](Cc1c(F)c(F)c(F)c(F)c1F)C(=O)N[C@H](CC1CCCCC1)C(=O)N[C@H](CS)C(=O)O. The molecule has 1 aliphatic heterocycles. The van der Waals surface area contributed by atoms with Crippen molar-refractivity contribution in [3.8, 4) is 5.75 Å². The number of para-hydroxylation sites is 1. The van der Waals surface area contributed by atoms with Crippen LogP contribution in [0.1, 0.15) is 80.9 Å². The van der Waals surface area contributed by atoms with Crippen LogP contribution in [-0.2, 0) is 57.6 Å². The maximum absolute atomic E-state index is 15.5. The minimum absolute atomic E-state index is 0.00712. The first kappa shape index (κ1) is 65.5. The number of hydrogen-bond donors (Lipinski definition) is 14. The highest BCUT2D eigenvalue weighted by molar-refractivity contribution is 7.80. The molecular formula is C55H69F5N12O10S2. The zero-order valence-corrected chi connectivity index (χ0v) is 47.3. The standard InChI is InChI=1S/C55H69F5N12O10S2/c56-42-32(43(57)45(59)46(60)44(42)58)23-38(51(78)67-36(21-27-8-2-1-3-9-27)49(76)71-40(26-84)54(81)82)68-48(75)35(12-6-18-64-55(62)63)66-50(77)37(22-29-24-65-34-11-5-4-10-31(29)34)69-52(79)41-13-7-19-72(41)53(80)39(25-83)70-47(74)33(61)20-28-14-16-30(73)17-15-28/h4-5,10-11,14-17,24,27,33,35-41,65,73,83-84H,1-3,6-9,12-13,18-23,25-26,61H2,(H,66,77)(H,67,78)(H,68,75)(H,69,79)(H,70,74)(H,71,76)(H,81,82)(H4,62,63,64)/t33-,35-,36-,37-,38-,39-,40-,41-/m1/s1. The predicted octanol–water partition coefficient (Wildman–Crippen LogP) is 1.79. The number of fused-ring (bicyclic) bond motifs is 1. The van der Waals surface area contributed by atoms with Crippen LogP contribution in [0.3, 0.4) is 0 Å². The molecular weight excluding hydrogens is 1150 g/mol. The van der Waals surface area contributed by atoms with Gasteiger partial charge in [0.15, 0.2) is 29.2 Å². The second kappa shape index (κ2) is 30.8. The molecule has 6 rings (SSSR count). The van der Waals surface area contributed by atoms with Gasteiger partial charge in [0.2, 0.25) is 47.2 Å². The van der Waals surface area contributed by atoms with E-state index >= 15 is 8.78 Å². The summed E-state index contributed by atoms with van der Waals surface area (Å²) in [5.41, 5.74) is 17.5. The van der Waals surface area contributed by atoms with Crippen molar-refractivity contribution in [1.29, 1.82) is 0 Å². The fourth-order valence-corrected chi connectivity index (χ4v) is 10.7. The second-order valence-electron chi connectivity index (χ2n) is 20.7. The molecule has 7 amide bonds. The molecule has 0 spiro atoms. The zero-order chi connectivity index (χ0) is 61.4. The molecule has 22 nitrogen and oxygen atoms in total. The number of aromatic hydroxyl groups is 1. The van der Waals surface area contributed by atoms with Crippen LogP contribution in [0.2, 0.25) is 0 Å². The summed E-state index contributed by atoms with van der Waals surface area (Å²) in [7, 11) is 0. The summed E-state index contributed by atoms with van der Waals surface area (Å²) in [6.45, 7) is -0.102. The fourth-order valence-electron chi connectivity index (χ4n) is 10.2. The van der Waals surface area contributed by atoms with Gasteiger partial charge < -0.3 is 69.2 Å². The lowest BCUT2D eigenvalue weighted by Crippen LogP contribution is -2.60. The molecule has 2 aliphatic rings. The molecule has 1 saturated carbocycles. The monoisotopic (exact) mass is 1220 g/mol. The van der Waals surface area contributed by atoms with Crippen molar-refractivity contribution < 1.29 is 70.5 Å². The number of carbonyl (C=O) groups is 8. The van der Waals surface area contributed by atoms with E-state index in [0.717, 1.165) is 19.3 Å². The number of phenolic OH excluding ortho intramolecular Hbond substituents is 1. The third-order valence-electron chi connectivity index (χ3n) is 14.7. The summed E-state index contributed by atoms with van der Waals surface area (Å²) in [5.74, 6) is -21.5. The van der Waals surface area contributed by atoms with E-state index in [0.29, 0.717) is 41.3 Å². The lowest BCUT2D eigenvalue weighted by atomic mass is 9.84. The lowest BCUT2D eigenvalue weighted by molar-refractivity contribution is -0.142. The van der Waals surface area contributed by atoms with Crippen molar-refractivity contribution in [3.05, 3.63) is 101 Å². The van der Waals surface area contributed by atoms with Crippen molar-refractivity contribution in [3.63, 3.8) is 0 Å². The highest BCUT2D eigenvalue weighted by Gasteiger charge is 2.41. The number of phenols is 1. The molecule has 4 aromatic rings. The third kappa shape index (κ3) is 17.5. The Balaban J connectivity index is 1.30. The number of nitrogens with zero attached hydrogens (tertiary/aromatic N) is 2. The maximum atomic E-state index is 15.5. The Kier molecular flexibility index (Phi) is 24.0. The average molecular weight is 1220 g/mol. The van der Waals surface area contributed by atoms with Crippen LogP contribution in [-0.4, -0.2) is 146 Å². The third-order valence-corrected chi connectivity index (χ3v) is 15.5. The minimum atomic E-state index is -2.51. The number of carbonyl (C=O) groups excluding carboxylic acids is 7. The van der Waals surface area contributed by atoms with E-state index in [4.69, 9.17) is 17.2 Å². The van der Waals surface area contributed by atoms with E-state index < -0.39 is 137 Å². The number of halogens is 5. The first-order valence-corrected chi connectivity index (χ1v) is 28.5. The van der Waals surface area contributed by atoms with Crippen LogP contribution in [0.4, 0.5) is 22.0 Å². The Morgan fingerprint density at radius 1 is 0.655 bits per heavy atom. The fraction of sp³-hybridized carbons (Fsp3) is 0.473. The molecule has 29 heteroatoms. The number of nitrogens with two attached hydrogens (primary N) is 3. The number of nitrogens with one attached hydrogen (secondary N) is 7. The van der Waals surface area contributed by atoms with Crippen LogP contribution in [0.15, 0.2) is 59.7 Å². The summed E-state index contributed by atoms with van der Waals surface area (Å²) in [6.07, 6.45) is 3.38. The van der Waals surface area contributed by atoms with Crippen molar-refractivity contribution in [2.45, 2.75) is 132 Å². The smallest absolute Gasteiger partial charge is 0.327 e. The highest BCUT2D eigenvalue weighted by atomic mass is 32.1. The van der Waals surface area contributed by atoms with E-state index in [1.807, 2.05) is 0 Å². The van der Waals surface area contributed by atoms with Crippen molar-refractivity contribution in [2.24, 2.45) is 28.1 Å². The van der Waals surface area contributed by atoms with Gasteiger partial charge in [-0.25, -0.2) is 26.7 Å². The van der Waals surface area contributed by atoms with Gasteiger partial charge in [0.25, 0.3) is 0 Å². The van der Waals surface area contributed by atoms with Crippen LogP contribution >= 0.6 is 25.3 Å². The van der Waals surface area contributed by atoms with E-state index in [9.17, 15) is 61.7 Å². The number of amides is 7. The highest BCUT2D eigenvalue weighted by Crippen LogP contribution is 2.29. The molecule has 456 valence electrons. The number of aliphatic imine (C=N–C) groups is 1. The molecule has 0 unspecified atom stereocenters. The lowest BCUT2D eigenvalue weighted by Gasteiger charge is -2.30. The molecule has 1 aliphatic carbocycles. The molecule has 2 fully saturated rings. The number of guanidine groups is 1. The zero-order valence-electron chi connectivity index (χ0n) is 45.5. The van der Waals surface area contributed by atoms with Crippen LogP contribution < -0.4 is 49.1 Å². The summed E-state index contributed by atoms with van der Waals surface area (Å²) in [6, 6.07) is 0.636. The van der Waals surface area contributed by atoms with E-state index in [1.54, 1.807) is 42.6 Å². The van der Waals surface area contributed by atoms with Gasteiger partial charge in [0.1, 0.15) is 48.0 Å². The molecule has 15 N–H and O–H groups in total. The number of aliphatic carboxylic acids is 1. The number of rotatable bonds is 28. The molecule has 8 atom stereocenters. The van der Waals surface area contributed by atoms with E-state index in [2.05, 4.69) is 67.1 Å². The second-order valence-corrected chi connectivity index (χ2v) is 21.5. The summed E-state index contributed by atoms with van der Waals surface area (Å²) < 4.78 is 74.8. The number of aromatic amines is 1. The largest absolute Gasteiger partial charge is 0.508 e. The van der Waals surface area contributed by atoms with Gasteiger partial charge in [0, 0.05) is 60.1 Å². The number of benzene rings is 3. The van der Waals surface area contributed by atoms with E-state index in [-0.39, 0.29) is 80.7 Å². The minimum Gasteiger partial charge on any atom is -0.508 e. The van der Waals surface area contributed by atoms with Gasteiger partial charge in [-0.05, 0) is 73.8 Å². The topological polar surface area (TPSA) is 359 Å². The summed E-state index contributed by atoms with van der Waals surface area (Å²) in [4.78, 5) is 120. The maximum Gasteiger partial charge on any atom is 0.327 e. The predicted molar refractivity (Wildman–Crippen MR) is 304 cm³/mol. The Labute approximate surface area is 490 Å². The van der Waals surface area contributed by atoms with Gasteiger partial charge in [0.05, 0.1) is 6.04 Å². The normalized spacial score (nSPS) is 16.9. The van der Waals surface area contributed by atoms with Crippen molar-refractivity contribution >= 4 is 89.4 Å². The van der Waals surface area contributed by atoms with Crippen molar-refractivity contribution in [2.75, 3.05) is 24.6 Å². The quantitative estimate of drug-likeness (QED) is 0.00735.